The third-order valence-corrected chi connectivity index (χ3v) is 5.85. The Kier molecular flexibility index (Phi) is 5.75. The van der Waals surface area contributed by atoms with Crippen LogP contribution in [0, 0.1) is 5.92 Å². The van der Waals surface area contributed by atoms with Crippen molar-refractivity contribution < 1.29 is 14.7 Å². The quantitative estimate of drug-likeness (QED) is 0.776. The number of nitrogens with zero attached hydrogens (tertiary/aromatic N) is 1. The molecule has 0 aromatic rings. The fraction of sp³-hybridized carbons (Fsp3) is 0.867. The standard InChI is InChI=1S/C15H25NO3S/c1-2-3-9-13(17)16-12(15(18)19)10-20-14(16)11-7-5-4-6-8-11/h11-12,14H,2-10H2,1H3,(H,18,19)/p-1/t12-,14-/m1/s1. The summed E-state index contributed by atoms with van der Waals surface area (Å²) >= 11 is 1.64. The normalized spacial score (nSPS) is 27.8. The number of thioether (sulfide) groups is 1. The lowest BCUT2D eigenvalue weighted by Crippen LogP contribution is -2.52. The Morgan fingerprint density at radius 1 is 1.25 bits per heavy atom. The third-order valence-electron chi connectivity index (χ3n) is 4.39. The molecule has 1 aliphatic heterocycles. The van der Waals surface area contributed by atoms with Crippen LogP contribution in [0.15, 0.2) is 0 Å². The molecule has 114 valence electrons. The van der Waals surface area contributed by atoms with Crippen molar-refractivity contribution in [2.45, 2.75) is 69.7 Å². The number of carbonyl (C=O) groups is 2. The molecule has 4 nitrogen and oxygen atoms in total. The molecule has 1 aliphatic carbocycles. The van der Waals surface area contributed by atoms with E-state index in [1.54, 1.807) is 16.7 Å². The van der Waals surface area contributed by atoms with Crippen LogP contribution >= 0.6 is 11.8 Å². The molecule has 1 heterocycles. The molecular weight excluding hydrogens is 274 g/mol. The van der Waals surface area contributed by atoms with E-state index in [9.17, 15) is 14.7 Å². The molecule has 0 radical (unpaired) electrons. The molecule has 0 unspecified atom stereocenters. The van der Waals surface area contributed by atoms with Crippen LogP contribution in [0.4, 0.5) is 0 Å². The van der Waals surface area contributed by atoms with Gasteiger partial charge in [0.25, 0.3) is 0 Å². The molecule has 1 saturated carbocycles. The van der Waals surface area contributed by atoms with Crippen LogP contribution in [0.5, 0.6) is 0 Å². The van der Waals surface area contributed by atoms with Crippen molar-refractivity contribution in [2.24, 2.45) is 5.92 Å². The van der Waals surface area contributed by atoms with Crippen LogP contribution in [0.3, 0.4) is 0 Å². The zero-order valence-electron chi connectivity index (χ0n) is 12.2. The number of hydrogen-bond donors (Lipinski definition) is 0. The van der Waals surface area contributed by atoms with Gasteiger partial charge < -0.3 is 14.8 Å². The number of rotatable bonds is 5. The molecule has 2 atom stereocenters. The highest BCUT2D eigenvalue weighted by atomic mass is 32.2. The van der Waals surface area contributed by atoms with Crippen LogP contribution in [0.1, 0.15) is 58.3 Å². The first-order chi connectivity index (χ1) is 9.65. The van der Waals surface area contributed by atoms with Crippen molar-refractivity contribution in [3.05, 3.63) is 0 Å². The Morgan fingerprint density at radius 2 is 1.95 bits per heavy atom. The molecule has 20 heavy (non-hydrogen) atoms. The summed E-state index contributed by atoms with van der Waals surface area (Å²) in [4.78, 5) is 25.3. The second kappa shape index (κ2) is 7.34. The van der Waals surface area contributed by atoms with Crippen LogP contribution in [-0.2, 0) is 9.59 Å². The molecule has 1 amide bonds. The molecule has 1 saturated heterocycles. The van der Waals surface area contributed by atoms with E-state index in [4.69, 9.17) is 0 Å². The summed E-state index contributed by atoms with van der Waals surface area (Å²) in [6.45, 7) is 2.04. The second-order valence-electron chi connectivity index (χ2n) is 5.86. The summed E-state index contributed by atoms with van der Waals surface area (Å²) in [5, 5.41) is 11.4. The fourth-order valence-corrected chi connectivity index (χ4v) is 4.91. The first kappa shape index (κ1) is 15.7. The number of carbonyl (C=O) groups excluding carboxylic acids is 2. The highest BCUT2D eigenvalue weighted by molar-refractivity contribution is 8.00. The van der Waals surface area contributed by atoms with Crippen molar-refractivity contribution in [3.8, 4) is 0 Å². The van der Waals surface area contributed by atoms with Crippen LogP contribution < -0.4 is 5.11 Å². The van der Waals surface area contributed by atoms with Gasteiger partial charge in [0, 0.05) is 12.2 Å². The smallest absolute Gasteiger partial charge is 0.224 e. The molecular formula is C15H24NO3S-. The van der Waals surface area contributed by atoms with Gasteiger partial charge in [-0.1, -0.05) is 32.6 Å². The molecule has 5 heteroatoms. The Morgan fingerprint density at radius 3 is 2.55 bits per heavy atom. The fourth-order valence-electron chi connectivity index (χ4n) is 3.26. The number of carboxylic acid groups (broad SMARTS) is 1. The maximum atomic E-state index is 12.4. The highest BCUT2D eigenvalue weighted by Gasteiger charge is 2.41. The molecule has 0 N–H and O–H groups in total. The average Bonchev–Trinajstić information content (AvgIpc) is 2.90. The highest BCUT2D eigenvalue weighted by Crippen LogP contribution is 2.40. The van der Waals surface area contributed by atoms with Crippen LogP contribution in [0.25, 0.3) is 0 Å². The molecule has 0 aromatic carbocycles. The Labute approximate surface area is 125 Å². The van der Waals surface area contributed by atoms with E-state index in [0.29, 0.717) is 18.1 Å². The topological polar surface area (TPSA) is 60.4 Å². The van der Waals surface area contributed by atoms with Gasteiger partial charge in [0.05, 0.1) is 17.4 Å². The Hall–Kier alpha value is -0.710. The minimum atomic E-state index is -1.10. The number of hydrogen-bond acceptors (Lipinski definition) is 4. The molecule has 0 aromatic heterocycles. The molecule has 2 aliphatic rings. The monoisotopic (exact) mass is 298 g/mol. The molecule has 2 rings (SSSR count). The van der Waals surface area contributed by atoms with Crippen LogP contribution in [0.2, 0.25) is 0 Å². The Bertz CT molecular complexity index is 355. The number of aliphatic carboxylic acids is 1. The maximum absolute atomic E-state index is 12.4. The summed E-state index contributed by atoms with van der Waals surface area (Å²) in [7, 11) is 0. The Balaban J connectivity index is 2.08. The van der Waals surface area contributed by atoms with Gasteiger partial charge in [0.1, 0.15) is 0 Å². The first-order valence-electron chi connectivity index (χ1n) is 7.78. The van der Waals surface area contributed by atoms with E-state index in [-0.39, 0.29) is 11.3 Å². The van der Waals surface area contributed by atoms with Crippen LogP contribution in [-0.4, -0.2) is 33.9 Å². The molecule has 2 fully saturated rings. The van der Waals surface area contributed by atoms with Gasteiger partial charge in [0.15, 0.2) is 0 Å². The van der Waals surface area contributed by atoms with E-state index in [1.807, 2.05) is 6.92 Å². The minimum Gasteiger partial charge on any atom is -0.548 e. The lowest BCUT2D eigenvalue weighted by atomic mass is 9.88. The van der Waals surface area contributed by atoms with Gasteiger partial charge in [-0.2, -0.15) is 0 Å². The van der Waals surface area contributed by atoms with Gasteiger partial charge in [-0.05, 0) is 25.2 Å². The predicted octanol–water partition coefficient (Wildman–Crippen LogP) is 1.78. The zero-order chi connectivity index (χ0) is 14.5. The summed E-state index contributed by atoms with van der Waals surface area (Å²) in [5.74, 6) is -0.146. The summed E-state index contributed by atoms with van der Waals surface area (Å²) < 4.78 is 0. The predicted molar refractivity (Wildman–Crippen MR) is 78.0 cm³/mol. The second-order valence-corrected chi connectivity index (χ2v) is 7.01. The molecule has 0 spiro atoms. The lowest BCUT2D eigenvalue weighted by molar-refractivity contribution is -0.310. The number of carboxylic acids is 1. The number of unbranched alkanes of at least 4 members (excludes halogenated alkanes) is 1. The first-order valence-corrected chi connectivity index (χ1v) is 8.83. The number of amides is 1. The lowest BCUT2D eigenvalue weighted by Gasteiger charge is -2.36. The summed E-state index contributed by atoms with van der Waals surface area (Å²) in [6, 6.07) is -0.726. The minimum absolute atomic E-state index is 0.00150. The maximum Gasteiger partial charge on any atom is 0.224 e. The van der Waals surface area contributed by atoms with Gasteiger partial charge >= 0.3 is 0 Å². The molecule has 0 bridgehead atoms. The largest absolute Gasteiger partial charge is 0.548 e. The van der Waals surface area contributed by atoms with Gasteiger partial charge in [-0.25, -0.2) is 0 Å². The van der Waals surface area contributed by atoms with Crippen molar-refractivity contribution >= 4 is 23.6 Å². The van der Waals surface area contributed by atoms with Crippen molar-refractivity contribution in [2.75, 3.05) is 5.75 Å². The summed E-state index contributed by atoms with van der Waals surface area (Å²) in [5.41, 5.74) is 0. The van der Waals surface area contributed by atoms with E-state index in [0.717, 1.165) is 25.7 Å². The third kappa shape index (κ3) is 3.48. The van der Waals surface area contributed by atoms with E-state index in [1.165, 1.54) is 19.3 Å². The van der Waals surface area contributed by atoms with Gasteiger partial charge in [0.2, 0.25) is 5.91 Å². The zero-order valence-corrected chi connectivity index (χ0v) is 13.0. The van der Waals surface area contributed by atoms with E-state index < -0.39 is 12.0 Å². The summed E-state index contributed by atoms with van der Waals surface area (Å²) in [6.07, 6.45) is 8.16. The van der Waals surface area contributed by atoms with E-state index in [2.05, 4.69) is 0 Å². The van der Waals surface area contributed by atoms with E-state index >= 15 is 0 Å². The van der Waals surface area contributed by atoms with Crippen molar-refractivity contribution in [1.82, 2.24) is 4.90 Å². The average molecular weight is 298 g/mol. The van der Waals surface area contributed by atoms with Gasteiger partial charge in [-0.3, -0.25) is 4.79 Å². The van der Waals surface area contributed by atoms with Crippen molar-refractivity contribution in [1.29, 1.82) is 0 Å². The van der Waals surface area contributed by atoms with Crippen molar-refractivity contribution in [3.63, 3.8) is 0 Å². The van der Waals surface area contributed by atoms with Gasteiger partial charge in [-0.15, -0.1) is 11.8 Å². The SMILES string of the molecule is CCCCC(=O)N1[C@@H](C(=O)[O-])CS[C@@H]1C1CCCCC1.